The van der Waals surface area contributed by atoms with Gasteiger partial charge in [-0.05, 0) is 62.9 Å². The highest BCUT2D eigenvalue weighted by atomic mass is 32.2. The van der Waals surface area contributed by atoms with Crippen LogP contribution in [0.2, 0.25) is 0 Å². The van der Waals surface area contributed by atoms with Gasteiger partial charge in [0.1, 0.15) is 39.9 Å². The summed E-state index contributed by atoms with van der Waals surface area (Å²) in [6, 6.07) is 13.6. The molecule has 1 amide bonds. The van der Waals surface area contributed by atoms with Crippen LogP contribution in [0.3, 0.4) is 0 Å². The average molecular weight is 747 g/mol. The number of benzene rings is 3. The van der Waals surface area contributed by atoms with Crippen molar-refractivity contribution in [2.24, 2.45) is 5.92 Å². The lowest BCUT2D eigenvalue weighted by Gasteiger charge is -2.39. The molecule has 1 fully saturated rings. The van der Waals surface area contributed by atoms with Gasteiger partial charge in [-0.1, -0.05) is 12.1 Å². The molecule has 4 aromatic rings. The topological polar surface area (TPSA) is 130 Å². The van der Waals surface area contributed by atoms with Crippen LogP contribution in [-0.4, -0.2) is 75.4 Å². The highest BCUT2D eigenvalue weighted by Crippen LogP contribution is 2.37. The Kier molecular flexibility index (Phi) is 11.5. The summed E-state index contributed by atoms with van der Waals surface area (Å²) in [6.07, 6.45) is 1.24. The number of carbonyl (C=O) groups is 1. The third kappa shape index (κ3) is 8.79. The van der Waals surface area contributed by atoms with Gasteiger partial charge in [0.05, 0.1) is 34.5 Å². The summed E-state index contributed by atoms with van der Waals surface area (Å²) in [5.74, 6) is -1.77. The number of rotatable bonds is 12. The van der Waals surface area contributed by atoms with Crippen molar-refractivity contribution in [3.63, 3.8) is 0 Å². The van der Waals surface area contributed by atoms with E-state index in [-0.39, 0.29) is 36.7 Å². The molecule has 1 saturated heterocycles. The van der Waals surface area contributed by atoms with Gasteiger partial charge in [0.25, 0.3) is 10.0 Å². The molecular formula is C35H40F2N4O8S2. The van der Waals surface area contributed by atoms with Crippen LogP contribution >= 0.6 is 11.5 Å². The van der Waals surface area contributed by atoms with E-state index >= 15 is 8.78 Å². The van der Waals surface area contributed by atoms with Gasteiger partial charge in [-0.3, -0.25) is 0 Å². The molecule has 2 atom stereocenters. The standard InChI is InChI=1S/C35H40F2N4O8S2/c1-35(2,3)49-34(42)40-14-13-27(22-7-10-25(45-4)11-8-22)24(18-40)20-48-31-16-29(37)32(17-28(31)36)51(43,44)41(33-38-21-39-50-33)19-23-9-12-26(46-5)15-30(23)47-6/h7-12,15-17,21,24,27H,13-14,18-20H2,1-6H3/t24-,27-/m1/s1. The van der Waals surface area contributed by atoms with Crippen LogP contribution in [0.25, 0.3) is 0 Å². The quantitative estimate of drug-likeness (QED) is 0.155. The summed E-state index contributed by atoms with van der Waals surface area (Å²) in [4.78, 5) is 17.7. The van der Waals surface area contributed by atoms with Crippen molar-refractivity contribution in [3.8, 4) is 23.0 Å². The van der Waals surface area contributed by atoms with E-state index in [1.54, 1.807) is 51.0 Å². The summed E-state index contributed by atoms with van der Waals surface area (Å²) < 4.78 is 91.6. The summed E-state index contributed by atoms with van der Waals surface area (Å²) in [5.41, 5.74) is 0.675. The summed E-state index contributed by atoms with van der Waals surface area (Å²) in [7, 11) is -0.274. The number of aromatic nitrogens is 2. The number of halogens is 2. The molecule has 1 aromatic heterocycles. The number of likely N-dealkylation sites (tertiary alicyclic amines) is 1. The minimum Gasteiger partial charge on any atom is -0.497 e. The lowest BCUT2D eigenvalue weighted by atomic mass is 9.81. The highest BCUT2D eigenvalue weighted by Gasteiger charge is 2.36. The number of methoxy groups -OCH3 is 3. The van der Waals surface area contributed by atoms with Gasteiger partial charge < -0.3 is 28.6 Å². The Balaban J connectivity index is 1.41. The van der Waals surface area contributed by atoms with Crippen molar-refractivity contribution >= 4 is 32.8 Å². The predicted octanol–water partition coefficient (Wildman–Crippen LogP) is 6.66. The number of piperidine rings is 1. The van der Waals surface area contributed by atoms with E-state index in [2.05, 4.69) is 9.36 Å². The van der Waals surface area contributed by atoms with E-state index < -0.39 is 44.0 Å². The van der Waals surface area contributed by atoms with E-state index in [1.807, 2.05) is 24.3 Å². The number of ether oxygens (including phenoxy) is 5. The van der Waals surface area contributed by atoms with E-state index in [0.717, 1.165) is 27.7 Å². The second kappa shape index (κ2) is 15.7. The van der Waals surface area contributed by atoms with Gasteiger partial charge in [0.15, 0.2) is 11.6 Å². The molecule has 0 radical (unpaired) electrons. The molecule has 12 nitrogen and oxygen atoms in total. The maximum Gasteiger partial charge on any atom is 0.410 e. The molecule has 0 spiro atoms. The molecule has 1 aliphatic heterocycles. The number of carbonyl (C=O) groups excluding carboxylic acids is 1. The molecule has 5 rings (SSSR count). The highest BCUT2D eigenvalue weighted by molar-refractivity contribution is 7.93. The Morgan fingerprint density at radius 1 is 0.961 bits per heavy atom. The number of hydrogen-bond donors (Lipinski definition) is 0. The Bertz CT molecular complexity index is 1920. The number of amides is 1. The molecule has 0 aliphatic carbocycles. The molecule has 0 bridgehead atoms. The van der Waals surface area contributed by atoms with Crippen molar-refractivity contribution < 1.29 is 45.7 Å². The fourth-order valence-electron chi connectivity index (χ4n) is 5.79. The lowest BCUT2D eigenvalue weighted by molar-refractivity contribution is 0.0110. The fraction of sp³-hybridized carbons (Fsp3) is 0.400. The van der Waals surface area contributed by atoms with Gasteiger partial charge in [-0.25, -0.2) is 31.3 Å². The average Bonchev–Trinajstić information content (AvgIpc) is 3.64. The molecule has 51 heavy (non-hydrogen) atoms. The Hall–Kier alpha value is -4.70. The summed E-state index contributed by atoms with van der Waals surface area (Å²) in [5, 5.41) is -0.0654. The first-order chi connectivity index (χ1) is 24.2. The summed E-state index contributed by atoms with van der Waals surface area (Å²) >= 11 is 0.771. The van der Waals surface area contributed by atoms with Crippen molar-refractivity contribution in [1.82, 2.24) is 14.3 Å². The molecule has 3 aromatic carbocycles. The van der Waals surface area contributed by atoms with Crippen LogP contribution < -0.4 is 23.3 Å². The molecule has 16 heteroatoms. The Labute approximate surface area is 300 Å². The van der Waals surface area contributed by atoms with Crippen LogP contribution in [0.5, 0.6) is 23.0 Å². The van der Waals surface area contributed by atoms with Crippen LogP contribution in [-0.2, 0) is 21.3 Å². The minimum absolute atomic E-state index is 0.0654. The molecule has 1 aliphatic rings. The molecular weight excluding hydrogens is 707 g/mol. The Morgan fingerprint density at radius 3 is 2.29 bits per heavy atom. The largest absolute Gasteiger partial charge is 0.497 e. The third-order valence-electron chi connectivity index (χ3n) is 8.31. The van der Waals surface area contributed by atoms with E-state index in [1.165, 1.54) is 14.2 Å². The molecule has 2 heterocycles. The van der Waals surface area contributed by atoms with Crippen LogP contribution in [0.4, 0.5) is 18.7 Å². The minimum atomic E-state index is -4.74. The van der Waals surface area contributed by atoms with E-state index in [9.17, 15) is 13.2 Å². The fourth-order valence-corrected chi connectivity index (χ4v) is 7.98. The van der Waals surface area contributed by atoms with Gasteiger partial charge in [-0.2, -0.15) is 4.37 Å². The lowest BCUT2D eigenvalue weighted by Crippen LogP contribution is -2.46. The molecule has 0 N–H and O–H groups in total. The second-order valence-electron chi connectivity index (χ2n) is 12.8. The molecule has 0 saturated carbocycles. The third-order valence-corrected chi connectivity index (χ3v) is 10.9. The smallest absolute Gasteiger partial charge is 0.410 e. The van der Waals surface area contributed by atoms with Crippen molar-refractivity contribution in [1.29, 1.82) is 0 Å². The first kappa shape index (κ1) is 37.6. The Morgan fingerprint density at radius 2 is 1.67 bits per heavy atom. The van der Waals surface area contributed by atoms with Crippen LogP contribution in [0, 0.1) is 17.6 Å². The zero-order chi connectivity index (χ0) is 36.9. The van der Waals surface area contributed by atoms with Gasteiger partial charge >= 0.3 is 6.09 Å². The van der Waals surface area contributed by atoms with Gasteiger partial charge in [0.2, 0.25) is 5.13 Å². The first-order valence-electron chi connectivity index (χ1n) is 16.0. The van der Waals surface area contributed by atoms with Crippen LogP contribution in [0.1, 0.15) is 44.2 Å². The van der Waals surface area contributed by atoms with Crippen molar-refractivity contribution in [2.75, 3.05) is 45.3 Å². The number of hydrogen-bond acceptors (Lipinski definition) is 11. The maximum atomic E-state index is 15.8. The molecule has 0 unspecified atom stereocenters. The van der Waals surface area contributed by atoms with Crippen molar-refractivity contribution in [3.05, 3.63) is 83.7 Å². The summed E-state index contributed by atoms with van der Waals surface area (Å²) in [6.45, 7) is 5.55. The number of nitrogens with zero attached hydrogens (tertiary/aromatic N) is 4. The predicted molar refractivity (Wildman–Crippen MR) is 186 cm³/mol. The van der Waals surface area contributed by atoms with Crippen molar-refractivity contribution in [2.45, 2.75) is 50.2 Å². The SMILES string of the molecule is COc1ccc([C@H]2CCN(C(=O)OC(C)(C)C)C[C@@H]2COc2cc(F)c(S(=O)(=O)N(Cc3ccc(OC)cc3OC)c3ncns3)cc2F)cc1. The van der Waals surface area contributed by atoms with E-state index in [4.69, 9.17) is 23.7 Å². The monoisotopic (exact) mass is 746 g/mol. The maximum absolute atomic E-state index is 15.8. The zero-order valence-electron chi connectivity index (χ0n) is 29.1. The van der Waals surface area contributed by atoms with Gasteiger partial charge in [-0.15, -0.1) is 0 Å². The zero-order valence-corrected chi connectivity index (χ0v) is 30.7. The van der Waals surface area contributed by atoms with Gasteiger partial charge in [0, 0.05) is 54.3 Å². The number of anilines is 1. The second-order valence-corrected chi connectivity index (χ2v) is 15.4. The van der Waals surface area contributed by atoms with E-state index in [0.29, 0.717) is 47.9 Å². The number of sulfonamides is 1. The first-order valence-corrected chi connectivity index (χ1v) is 18.2. The normalized spacial score (nSPS) is 16.4. The molecule has 274 valence electrons. The van der Waals surface area contributed by atoms with Crippen LogP contribution in [0.15, 0.2) is 65.8 Å².